The fourth-order valence-corrected chi connectivity index (χ4v) is 4.80. The van der Waals surface area contributed by atoms with Gasteiger partial charge in [0.1, 0.15) is 6.04 Å². The van der Waals surface area contributed by atoms with E-state index in [-0.39, 0.29) is 11.7 Å². The SMILES string of the molecule is COC(=O)[C@H](CSC/C=C(\C)CC/C=C(\C)CCC=C(C)C)NC(=O)c1ccc(C(=O)c2ccccc2)cc1. The quantitative estimate of drug-likeness (QED) is 0.109. The Morgan fingerprint density at radius 1 is 0.795 bits per heavy atom. The Labute approximate surface area is 237 Å². The van der Waals surface area contributed by atoms with Crippen LogP contribution in [-0.4, -0.2) is 42.3 Å². The fourth-order valence-electron chi connectivity index (χ4n) is 3.81. The molecule has 0 fully saturated rings. The third-order valence-electron chi connectivity index (χ3n) is 6.19. The molecule has 0 radical (unpaired) electrons. The molecule has 0 spiro atoms. The molecule has 1 atom stereocenters. The summed E-state index contributed by atoms with van der Waals surface area (Å²) in [5.41, 5.74) is 5.54. The van der Waals surface area contributed by atoms with Crippen molar-refractivity contribution in [3.63, 3.8) is 0 Å². The topological polar surface area (TPSA) is 72.5 Å². The van der Waals surface area contributed by atoms with Gasteiger partial charge in [-0.15, -0.1) is 0 Å². The number of amides is 1. The average molecular weight is 548 g/mol. The number of carbonyl (C=O) groups is 3. The van der Waals surface area contributed by atoms with Crippen molar-refractivity contribution >= 4 is 29.4 Å². The van der Waals surface area contributed by atoms with Gasteiger partial charge in [0.2, 0.25) is 0 Å². The molecule has 0 heterocycles. The fraction of sp³-hybridized carbons (Fsp3) is 0.364. The van der Waals surface area contributed by atoms with Crippen molar-refractivity contribution < 1.29 is 19.1 Å². The molecule has 0 saturated heterocycles. The van der Waals surface area contributed by atoms with Crippen LogP contribution < -0.4 is 5.32 Å². The summed E-state index contributed by atoms with van der Waals surface area (Å²) in [6, 6.07) is 14.7. The van der Waals surface area contributed by atoms with E-state index in [9.17, 15) is 14.4 Å². The summed E-state index contributed by atoms with van der Waals surface area (Å²) in [6.45, 7) is 8.57. The first kappa shape index (κ1) is 31.8. The first-order valence-electron chi connectivity index (χ1n) is 13.3. The molecule has 0 aliphatic carbocycles. The van der Waals surface area contributed by atoms with Gasteiger partial charge in [-0.05, 0) is 65.5 Å². The third-order valence-corrected chi connectivity index (χ3v) is 7.16. The molecule has 2 aromatic rings. The summed E-state index contributed by atoms with van der Waals surface area (Å²) in [5, 5.41) is 2.77. The maximum absolute atomic E-state index is 12.8. The smallest absolute Gasteiger partial charge is 0.329 e. The number of ether oxygens (including phenoxy) is 1. The van der Waals surface area contributed by atoms with E-state index < -0.39 is 12.0 Å². The zero-order valence-corrected chi connectivity index (χ0v) is 24.6. The third kappa shape index (κ3) is 11.9. The summed E-state index contributed by atoms with van der Waals surface area (Å²) in [5.74, 6) is 0.162. The second-order valence-electron chi connectivity index (χ2n) is 9.82. The predicted octanol–water partition coefficient (Wildman–Crippen LogP) is 7.34. The number of allylic oxidation sites excluding steroid dienone is 5. The highest BCUT2D eigenvalue weighted by molar-refractivity contribution is 7.99. The van der Waals surface area contributed by atoms with Gasteiger partial charge in [0.05, 0.1) is 7.11 Å². The van der Waals surface area contributed by atoms with Gasteiger partial charge in [-0.3, -0.25) is 9.59 Å². The standard InChI is InChI=1S/C33H41NO4S/c1-24(2)11-9-12-25(3)13-10-14-26(4)21-22-39-23-30(33(37)38-5)34-32(36)29-19-17-28(18-20-29)31(35)27-15-7-6-8-16-27/h6-8,11,13,15-21,30H,9-10,12,14,22-23H2,1-5H3,(H,34,36)/b25-13+,26-21+/t30-/m0/s1. The summed E-state index contributed by atoms with van der Waals surface area (Å²) < 4.78 is 4.91. The first-order valence-corrected chi connectivity index (χ1v) is 14.5. The zero-order valence-electron chi connectivity index (χ0n) is 23.8. The van der Waals surface area contributed by atoms with Crippen LogP contribution in [0.2, 0.25) is 0 Å². The van der Waals surface area contributed by atoms with Gasteiger partial charge in [0, 0.05) is 28.2 Å². The Morgan fingerprint density at radius 3 is 1.97 bits per heavy atom. The molecule has 1 N–H and O–H groups in total. The van der Waals surface area contributed by atoms with Gasteiger partial charge >= 0.3 is 5.97 Å². The van der Waals surface area contributed by atoms with Crippen LogP contribution >= 0.6 is 11.8 Å². The lowest BCUT2D eigenvalue weighted by Crippen LogP contribution is -2.43. The van der Waals surface area contributed by atoms with Gasteiger partial charge in [0.25, 0.3) is 5.91 Å². The molecule has 0 aromatic heterocycles. The number of benzene rings is 2. The van der Waals surface area contributed by atoms with Crippen molar-refractivity contribution in [1.82, 2.24) is 5.32 Å². The lowest BCUT2D eigenvalue weighted by Gasteiger charge is -2.16. The van der Waals surface area contributed by atoms with Crippen LogP contribution in [0.4, 0.5) is 0 Å². The van der Waals surface area contributed by atoms with Crippen LogP contribution in [-0.2, 0) is 9.53 Å². The number of carbonyl (C=O) groups excluding carboxylic acids is 3. The summed E-state index contributed by atoms with van der Waals surface area (Å²) in [7, 11) is 1.31. The van der Waals surface area contributed by atoms with Gasteiger partial charge in [0.15, 0.2) is 5.78 Å². The van der Waals surface area contributed by atoms with Gasteiger partial charge in [-0.25, -0.2) is 4.79 Å². The first-order chi connectivity index (χ1) is 18.7. The van der Waals surface area contributed by atoms with Crippen LogP contribution in [0.5, 0.6) is 0 Å². The minimum atomic E-state index is -0.766. The highest BCUT2D eigenvalue weighted by Crippen LogP contribution is 2.14. The molecule has 2 aromatic carbocycles. The molecular formula is C33H41NO4S. The monoisotopic (exact) mass is 547 g/mol. The Bertz CT molecular complexity index is 1180. The zero-order chi connectivity index (χ0) is 28.6. The molecular weight excluding hydrogens is 506 g/mol. The lowest BCUT2D eigenvalue weighted by molar-refractivity contribution is -0.142. The highest BCUT2D eigenvalue weighted by Gasteiger charge is 2.22. The van der Waals surface area contributed by atoms with E-state index in [1.807, 2.05) is 18.2 Å². The highest BCUT2D eigenvalue weighted by atomic mass is 32.2. The number of ketones is 1. The van der Waals surface area contributed by atoms with Crippen LogP contribution in [0.25, 0.3) is 0 Å². The maximum Gasteiger partial charge on any atom is 0.329 e. The molecule has 0 aliphatic heterocycles. The van der Waals surface area contributed by atoms with E-state index in [4.69, 9.17) is 4.74 Å². The van der Waals surface area contributed by atoms with E-state index >= 15 is 0 Å². The van der Waals surface area contributed by atoms with Crippen molar-refractivity contribution in [1.29, 1.82) is 0 Å². The van der Waals surface area contributed by atoms with E-state index in [1.54, 1.807) is 48.2 Å². The normalized spacial score (nSPS) is 12.4. The average Bonchev–Trinajstić information content (AvgIpc) is 2.94. The van der Waals surface area contributed by atoms with Gasteiger partial charge in [-0.2, -0.15) is 11.8 Å². The molecule has 0 bridgehead atoms. The molecule has 2 rings (SSSR count). The lowest BCUT2D eigenvalue weighted by atomic mass is 10.0. The molecule has 39 heavy (non-hydrogen) atoms. The van der Waals surface area contributed by atoms with Crippen LogP contribution in [0.3, 0.4) is 0 Å². The number of thioether (sulfide) groups is 1. The number of hydrogen-bond acceptors (Lipinski definition) is 5. The van der Waals surface area contributed by atoms with Gasteiger partial charge < -0.3 is 10.1 Å². The summed E-state index contributed by atoms with van der Waals surface area (Å²) in [4.78, 5) is 37.7. The number of methoxy groups -OCH3 is 1. The van der Waals surface area contributed by atoms with E-state index in [0.717, 1.165) is 31.4 Å². The van der Waals surface area contributed by atoms with E-state index in [0.29, 0.717) is 22.4 Å². The molecule has 1 amide bonds. The molecule has 0 saturated carbocycles. The molecule has 208 valence electrons. The minimum absolute atomic E-state index is 0.111. The number of hydrogen-bond donors (Lipinski definition) is 1. The van der Waals surface area contributed by atoms with Crippen LogP contribution in [0, 0.1) is 0 Å². The number of nitrogens with one attached hydrogen (secondary N) is 1. The minimum Gasteiger partial charge on any atom is -0.467 e. The van der Waals surface area contributed by atoms with Crippen molar-refractivity contribution in [2.75, 3.05) is 18.6 Å². The summed E-state index contributed by atoms with van der Waals surface area (Å²) in [6.07, 6.45) is 11.0. The van der Waals surface area contributed by atoms with Crippen LogP contribution in [0.1, 0.15) is 79.7 Å². The molecule has 0 unspecified atom stereocenters. The Morgan fingerprint density at radius 2 is 1.36 bits per heavy atom. The summed E-state index contributed by atoms with van der Waals surface area (Å²) >= 11 is 1.57. The molecule has 0 aliphatic rings. The van der Waals surface area contributed by atoms with Crippen molar-refractivity contribution in [3.8, 4) is 0 Å². The van der Waals surface area contributed by atoms with Crippen molar-refractivity contribution in [3.05, 3.63) is 106 Å². The second kappa shape index (κ2) is 17.3. The van der Waals surface area contributed by atoms with Gasteiger partial charge in [-0.1, -0.05) is 77.4 Å². The second-order valence-corrected chi connectivity index (χ2v) is 10.9. The van der Waals surface area contributed by atoms with Crippen LogP contribution in [0.15, 0.2) is 89.5 Å². The molecule has 6 heteroatoms. The Kier molecular flexibility index (Phi) is 14.1. The van der Waals surface area contributed by atoms with Crippen molar-refractivity contribution in [2.24, 2.45) is 0 Å². The number of esters is 1. The maximum atomic E-state index is 12.8. The Balaban J connectivity index is 1.84. The molecule has 5 nitrogen and oxygen atoms in total. The van der Waals surface area contributed by atoms with E-state index in [1.165, 1.54) is 23.8 Å². The number of rotatable bonds is 15. The largest absolute Gasteiger partial charge is 0.467 e. The van der Waals surface area contributed by atoms with Crippen molar-refractivity contribution in [2.45, 2.75) is 59.4 Å². The Hall–Kier alpha value is -3.38. The predicted molar refractivity (Wildman–Crippen MR) is 162 cm³/mol. The van der Waals surface area contributed by atoms with E-state index in [2.05, 4.69) is 51.2 Å².